The molecule has 0 aromatic carbocycles. The zero-order valence-corrected chi connectivity index (χ0v) is 7.86. The van der Waals surface area contributed by atoms with Gasteiger partial charge in [-0.1, -0.05) is 0 Å². The Morgan fingerprint density at radius 1 is 1.43 bits per heavy atom. The van der Waals surface area contributed by atoms with E-state index in [4.69, 9.17) is 10.8 Å². The Kier molecular flexibility index (Phi) is 5.47. The molecule has 80 valence electrons. The smallest absolute Gasteiger partial charge is 0.320 e. The topological polar surface area (TPSA) is 107 Å². The zero-order valence-electron chi connectivity index (χ0n) is 7.86. The number of rotatable bonds is 6. The average Bonchev–Trinajstić information content (AvgIpc) is 2.02. The molecule has 0 aliphatic carbocycles. The lowest BCUT2D eigenvalue weighted by molar-refractivity contribution is -0.147. The van der Waals surface area contributed by atoms with Crippen molar-refractivity contribution in [1.82, 2.24) is 0 Å². The molecule has 0 aliphatic rings. The number of carbonyl (C=O) groups is 3. The molecule has 0 fully saturated rings. The lowest BCUT2D eigenvalue weighted by atomic mass is 10.2. The van der Waals surface area contributed by atoms with Gasteiger partial charge in [0.05, 0.1) is 6.61 Å². The van der Waals surface area contributed by atoms with Crippen LogP contribution in [0, 0.1) is 0 Å². The maximum absolute atomic E-state index is 10.8. The summed E-state index contributed by atoms with van der Waals surface area (Å²) in [6.07, 6.45) is -0.249. The van der Waals surface area contributed by atoms with Gasteiger partial charge in [-0.3, -0.25) is 14.4 Å². The highest BCUT2D eigenvalue weighted by atomic mass is 16.5. The summed E-state index contributed by atoms with van der Waals surface area (Å²) in [6.45, 7) is 1.18. The Balaban J connectivity index is 3.59. The molecule has 14 heavy (non-hydrogen) atoms. The minimum Gasteiger partial charge on any atom is -0.480 e. The van der Waals surface area contributed by atoms with E-state index in [9.17, 15) is 14.4 Å². The van der Waals surface area contributed by atoms with Gasteiger partial charge in [-0.15, -0.1) is 0 Å². The molecular formula is C8H13NO5. The first kappa shape index (κ1) is 12.6. The van der Waals surface area contributed by atoms with Crippen LogP contribution in [0.5, 0.6) is 0 Å². The Morgan fingerprint density at radius 2 is 2.00 bits per heavy atom. The number of aliphatic carboxylic acids is 1. The number of carbonyl (C=O) groups excluding carboxylic acids is 2. The summed E-state index contributed by atoms with van der Waals surface area (Å²) in [5.74, 6) is -2.10. The van der Waals surface area contributed by atoms with E-state index in [-0.39, 0.29) is 25.2 Å². The molecule has 6 heteroatoms. The molecule has 1 atom stereocenters. The van der Waals surface area contributed by atoms with Gasteiger partial charge in [-0.05, 0) is 6.92 Å². The predicted molar refractivity (Wildman–Crippen MR) is 46.5 cm³/mol. The van der Waals surface area contributed by atoms with Crippen molar-refractivity contribution >= 4 is 17.7 Å². The molecule has 0 bridgehead atoms. The zero-order chi connectivity index (χ0) is 11.1. The molecule has 0 heterocycles. The number of hydrogen-bond donors (Lipinski definition) is 2. The second-order valence-electron chi connectivity index (χ2n) is 2.83. The van der Waals surface area contributed by atoms with Gasteiger partial charge >= 0.3 is 11.9 Å². The molecular weight excluding hydrogens is 190 g/mol. The van der Waals surface area contributed by atoms with Gasteiger partial charge in [0.2, 0.25) is 0 Å². The van der Waals surface area contributed by atoms with Gasteiger partial charge in [0.25, 0.3) is 0 Å². The van der Waals surface area contributed by atoms with Crippen LogP contribution in [0.3, 0.4) is 0 Å². The number of esters is 1. The van der Waals surface area contributed by atoms with Crippen molar-refractivity contribution in [2.24, 2.45) is 5.73 Å². The van der Waals surface area contributed by atoms with Crippen molar-refractivity contribution in [2.45, 2.75) is 25.8 Å². The Hall–Kier alpha value is -1.43. The number of carboxylic acids is 1. The number of nitrogens with two attached hydrogens (primary N) is 1. The van der Waals surface area contributed by atoms with Crippen molar-refractivity contribution in [3.63, 3.8) is 0 Å². The van der Waals surface area contributed by atoms with Gasteiger partial charge < -0.3 is 15.6 Å². The van der Waals surface area contributed by atoms with E-state index < -0.39 is 18.0 Å². The largest absolute Gasteiger partial charge is 0.480 e. The number of Topliss-reactive ketones (excluding diaryl/α,β-unsaturated/α-hetero) is 1. The molecule has 0 amide bonds. The quantitative estimate of drug-likeness (QED) is 0.437. The van der Waals surface area contributed by atoms with Crippen molar-refractivity contribution in [3.05, 3.63) is 0 Å². The fraction of sp³-hybridized carbons (Fsp3) is 0.625. The number of ether oxygens (including phenoxy) is 1. The highest BCUT2D eigenvalue weighted by Crippen LogP contribution is 1.93. The SMILES string of the molecule is CC(=O)CC(=O)OCC[C@H](N)C(=O)O. The molecule has 0 rings (SSSR count). The lowest BCUT2D eigenvalue weighted by Gasteiger charge is -2.06. The van der Waals surface area contributed by atoms with Crippen molar-refractivity contribution in [1.29, 1.82) is 0 Å². The van der Waals surface area contributed by atoms with E-state index in [1.54, 1.807) is 0 Å². The molecule has 6 nitrogen and oxygen atoms in total. The van der Waals surface area contributed by atoms with Crippen LogP contribution >= 0.6 is 0 Å². The van der Waals surface area contributed by atoms with Gasteiger partial charge in [0.15, 0.2) is 0 Å². The normalized spacial score (nSPS) is 11.9. The minimum absolute atomic E-state index is 0.0407. The van der Waals surface area contributed by atoms with Crippen LogP contribution < -0.4 is 5.73 Å². The summed E-state index contributed by atoms with van der Waals surface area (Å²) in [5, 5.41) is 8.37. The molecule has 3 N–H and O–H groups in total. The Bertz CT molecular complexity index is 238. The van der Waals surface area contributed by atoms with Gasteiger partial charge in [0.1, 0.15) is 18.2 Å². The van der Waals surface area contributed by atoms with Crippen LogP contribution in [-0.2, 0) is 19.1 Å². The average molecular weight is 203 g/mol. The second kappa shape index (κ2) is 6.09. The highest BCUT2D eigenvalue weighted by Gasteiger charge is 2.12. The van der Waals surface area contributed by atoms with Crippen LogP contribution in [0.15, 0.2) is 0 Å². The summed E-state index contributed by atoms with van der Waals surface area (Å²) >= 11 is 0. The second-order valence-corrected chi connectivity index (χ2v) is 2.83. The predicted octanol–water partition coefficient (Wildman–Crippen LogP) is -0.689. The summed E-state index contributed by atoms with van der Waals surface area (Å²) in [6, 6.07) is -1.04. The monoisotopic (exact) mass is 203 g/mol. The van der Waals surface area contributed by atoms with Crippen LogP contribution in [-0.4, -0.2) is 35.5 Å². The van der Waals surface area contributed by atoms with E-state index in [0.29, 0.717) is 0 Å². The molecule has 0 saturated heterocycles. The van der Waals surface area contributed by atoms with E-state index in [1.807, 2.05) is 0 Å². The summed E-state index contributed by atoms with van der Waals surface area (Å²) in [7, 11) is 0. The highest BCUT2D eigenvalue weighted by molar-refractivity contribution is 5.94. The van der Waals surface area contributed by atoms with Crippen molar-refractivity contribution in [3.8, 4) is 0 Å². The van der Waals surface area contributed by atoms with Crippen LogP contribution in [0.25, 0.3) is 0 Å². The van der Waals surface area contributed by atoms with Gasteiger partial charge in [-0.25, -0.2) is 0 Å². The van der Waals surface area contributed by atoms with Crippen molar-refractivity contribution < 1.29 is 24.2 Å². The maximum Gasteiger partial charge on any atom is 0.320 e. The number of carboxylic acid groups (broad SMARTS) is 1. The first-order chi connectivity index (χ1) is 6.43. The molecule has 0 aromatic heterocycles. The molecule has 0 spiro atoms. The molecule has 0 aromatic rings. The van der Waals surface area contributed by atoms with Crippen molar-refractivity contribution in [2.75, 3.05) is 6.61 Å². The van der Waals surface area contributed by atoms with Crippen LogP contribution in [0.4, 0.5) is 0 Å². The standard InChI is InChI=1S/C8H13NO5/c1-5(10)4-7(11)14-3-2-6(9)8(12)13/h6H,2-4,9H2,1H3,(H,12,13)/t6-/m0/s1. The number of ketones is 1. The fourth-order valence-corrected chi connectivity index (χ4v) is 0.677. The third-order valence-corrected chi connectivity index (χ3v) is 1.40. The molecule has 0 unspecified atom stereocenters. The molecule has 0 radical (unpaired) electrons. The summed E-state index contributed by atoms with van der Waals surface area (Å²) in [4.78, 5) is 31.4. The van der Waals surface area contributed by atoms with E-state index >= 15 is 0 Å². The fourth-order valence-electron chi connectivity index (χ4n) is 0.677. The first-order valence-electron chi connectivity index (χ1n) is 4.07. The van der Waals surface area contributed by atoms with Crippen LogP contribution in [0.1, 0.15) is 19.8 Å². The molecule has 0 saturated carbocycles. The summed E-state index contributed by atoms with van der Waals surface area (Å²) in [5.41, 5.74) is 5.15. The van der Waals surface area contributed by atoms with Gasteiger partial charge in [-0.2, -0.15) is 0 Å². The van der Waals surface area contributed by atoms with Crippen LogP contribution in [0.2, 0.25) is 0 Å². The third kappa shape index (κ3) is 6.13. The van der Waals surface area contributed by atoms with E-state index in [2.05, 4.69) is 4.74 Å². The van der Waals surface area contributed by atoms with E-state index in [0.717, 1.165) is 0 Å². The minimum atomic E-state index is -1.15. The maximum atomic E-state index is 10.8. The van der Waals surface area contributed by atoms with E-state index in [1.165, 1.54) is 6.92 Å². The third-order valence-electron chi connectivity index (χ3n) is 1.40. The lowest BCUT2D eigenvalue weighted by Crippen LogP contribution is -2.31. The Labute approximate surface area is 81.0 Å². The molecule has 0 aliphatic heterocycles. The summed E-state index contributed by atoms with van der Waals surface area (Å²) < 4.78 is 4.57. The van der Waals surface area contributed by atoms with Gasteiger partial charge in [0, 0.05) is 6.42 Å². The first-order valence-corrected chi connectivity index (χ1v) is 4.07. The Morgan fingerprint density at radius 3 is 2.43 bits per heavy atom. The number of hydrogen-bond acceptors (Lipinski definition) is 5.